The first-order valence-electron chi connectivity index (χ1n) is 13.3. The third-order valence-corrected chi connectivity index (χ3v) is 8.53. The number of aryl methyl sites for hydroxylation is 1. The predicted octanol–water partition coefficient (Wildman–Crippen LogP) is 3.90. The number of anilines is 2. The van der Waals surface area contributed by atoms with Crippen molar-refractivity contribution in [3.05, 3.63) is 48.4 Å². The van der Waals surface area contributed by atoms with Crippen LogP contribution in [0, 0.1) is 5.41 Å². The molecule has 1 aliphatic carbocycles. The van der Waals surface area contributed by atoms with Crippen molar-refractivity contribution in [2.24, 2.45) is 5.41 Å². The highest BCUT2D eigenvalue weighted by molar-refractivity contribution is 6.62. The minimum Gasteiger partial charge on any atom is -0.399 e. The van der Waals surface area contributed by atoms with Crippen LogP contribution in [0.4, 0.5) is 20.4 Å². The van der Waals surface area contributed by atoms with E-state index in [1.807, 2.05) is 81.9 Å². The van der Waals surface area contributed by atoms with E-state index >= 15 is 0 Å². The number of alkyl halides is 2. The maximum absolute atomic E-state index is 13.3. The van der Waals surface area contributed by atoms with Crippen LogP contribution in [-0.2, 0) is 15.9 Å². The molecule has 1 spiro atoms. The summed E-state index contributed by atoms with van der Waals surface area (Å²) >= 11 is 0. The summed E-state index contributed by atoms with van der Waals surface area (Å²) in [6.07, 6.45) is 6.00. The van der Waals surface area contributed by atoms with Gasteiger partial charge in [-0.25, -0.2) is 13.5 Å². The van der Waals surface area contributed by atoms with Gasteiger partial charge in [-0.15, -0.1) is 5.10 Å². The minimum absolute atomic E-state index is 0.00643. The first-order chi connectivity index (χ1) is 17.9. The summed E-state index contributed by atoms with van der Waals surface area (Å²) in [6, 6.07) is 7.97. The van der Waals surface area contributed by atoms with E-state index in [0.29, 0.717) is 31.4 Å². The first-order valence-corrected chi connectivity index (χ1v) is 13.3. The van der Waals surface area contributed by atoms with Gasteiger partial charge in [0.2, 0.25) is 11.9 Å². The average molecular weight is 524 g/mol. The van der Waals surface area contributed by atoms with Crippen LogP contribution >= 0.6 is 0 Å². The Morgan fingerprint density at radius 2 is 1.74 bits per heavy atom. The number of benzene rings is 1. The highest BCUT2D eigenvalue weighted by atomic mass is 19.3. The van der Waals surface area contributed by atoms with Crippen LogP contribution in [0.5, 0.6) is 0 Å². The van der Waals surface area contributed by atoms with Gasteiger partial charge in [-0.1, -0.05) is 18.2 Å². The largest absolute Gasteiger partial charge is 0.494 e. The second-order valence-electron chi connectivity index (χ2n) is 12.1. The number of rotatable bonds is 6. The Morgan fingerprint density at radius 1 is 1.08 bits per heavy atom. The van der Waals surface area contributed by atoms with E-state index < -0.39 is 13.0 Å². The molecule has 1 saturated carbocycles. The van der Waals surface area contributed by atoms with Crippen LogP contribution in [0.3, 0.4) is 0 Å². The highest BCUT2D eigenvalue weighted by Gasteiger charge is 2.62. The normalized spacial score (nSPS) is 26.4. The second-order valence-corrected chi connectivity index (χ2v) is 12.1. The molecule has 1 unspecified atom stereocenters. The van der Waals surface area contributed by atoms with Crippen molar-refractivity contribution in [3.8, 4) is 0 Å². The molecule has 0 amide bonds. The molecular weight excluding hydrogens is 489 g/mol. The molecule has 8 nitrogen and oxygen atoms in total. The molecule has 2 saturated heterocycles. The summed E-state index contributed by atoms with van der Waals surface area (Å²) in [6.45, 7) is 12.3. The van der Waals surface area contributed by atoms with E-state index in [1.54, 1.807) is 0 Å². The van der Waals surface area contributed by atoms with Gasteiger partial charge >= 0.3 is 7.12 Å². The van der Waals surface area contributed by atoms with Crippen LogP contribution in [0.15, 0.2) is 42.6 Å². The van der Waals surface area contributed by atoms with E-state index in [2.05, 4.69) is 20.6 Å². The molecule has 0 radical (unpaired) electrons. The van der Waals surface area contributed by atoms with Gasteiger partial charge in [0.25, 0.3) is 0 Å². The summed E-state index contributed by atoms with van der Waals surface area (Å²) in [7, 11) is -0.405. The van der Waals surface area contributed by atoms with Crippen LogP contribution in [0.1, 0.15) is 53.3 Å². The Kier molecular flexibility index (Phi) is 5.79. The van der Waals surface area contributed by atoms with Crippen molar-refractivity contribution in [1.29, 1.82) is 0 Å². The molecule has 1 atom stereocenters. The Labute approximate surface area is 222 Å². The lowest BCUT2D eigenvalue weighted by Gasteiger charge is -2.60. The molecule has 6 rings (SSSR count). The smallest absolute Gasteiger partial charge is 0.399 e. The molecule has 1 aromatic carbocycles. The van der Waals surface area contributed by atoms with Crippen LogP contribution in [0.25, 0.3) is 5.57 Å². The fourth-order valence-electron chi connectivity index (χ4n) is 5.73. The lowest BCUT2D eigenvalue weighted by atomic mass is 9.61. The number of hydrogen-bond acceptors (Lipinski definition) is 7. The maximum Gasteiger partial charge on any atom is 0.494 e. The van der Waals surface area contributed by atoms with Crippen molar-refractivity contribution in [3.63, 3.8) is 0 Å². The molecule has 2 N–H and O–H groups in total. The lowest BCUT2D eigenvalue weighted by molar-refractivity contribution is -0.218. The fourth-order valence-corrected chi connectivity index (χ4v) is 5.73. The molecule has 3 aliphatic heterocycles. The molecule has 4 heterocycles. The van der Waals surface area contributed by atoms with Gasteiger partial charge in [0.1, 0.15) is 0 Å². The molecule has 1 aromatic heterocycles. The molecular formula is C27H35BF2N6O2. The Bertz CT molecular complexity index is 1260. The number of hydrogen-bond donors (Lipinski definition) is 2. The quantitative estimate of drug-likeness (QED) is 0.556. The van der Waals surface area contributed by atoms with Gasteiger partial charge in [0.15, 0.2) is 5.82 Å². The summed E-state index contributed by atoms with van der Waals surface area (Å²) in [4.78, 5) is 6.93. The Hall–Kier alpha value is -2.76. The molecule has 4 aliphatic rings. The van der Waals surface area contributed by atoms with E-state index in [9.17, 15) is 8.78 Å². The Morgan fingerprint density at radius 3 is 2.29 bits per heavy atom. The van der Waals surface area contributed by atoms with Gasteiger partial charge in [-0.05, 0) is 58.3 Å². The Balaban J connectivity index is 1.08. The van der Waals surface area contributed by atoms with Gasteiger partial charge in [-0.3, -0.25) is 4.90 Å². The number of allylic oxidation sites excluding steroid dienone is 2. The zero-order valence-electron chi connectivity index (χ0n) is 22.6. The molecule has 3 fully saturated rings. The summed E-state index contributed by atoms with van der Waals surface area (Å²) < 4.78 is 40.8. The van der Waals surface area contributed by atoms with Crippen molar-refractivity contribution < 1.29 is 18.1 Å². The van der Waals surface area contributed by atoms with Gasteiger partial charge in [0, 0.05) is 55.4 Å². The number of halogens is 2. The number of nitrogens with one attached hydrogen (secondary N) is 2. The van der Waals surface area contributed by atoms with E-state index in [-0.39, 0.29) is 35.6 Å². The zero-order chi connectivity index (χ0) is 26.9. The highest BCUT2D eigenvalue weighted by Crippen LogP contribution is 2.57. The summed E-state index contributed by atoms with van der Waals surface area (Å²) in [5, 5.41) is 11.4. The molecule has 202 valence electrons. The number of likely N-dealkylation sites (tertiary alicyclic amines) is 1. The SMILES string of the molecule is CCn1nc(C2=CNC(N3CC4(C3)CC(F)(F)C4)C=C2)nc1Nc1ccc(B2OC(C)(C)C(C)(C)O2)cc1. The minimum atomic E-state index is -2.47. The van der Waals surface area contributed by atoms with Crippen LogP contribution < -0.4 is 16.1 Å². The standard InChI is InChI=1S/C27H35BF2N6O2/c1-6-36-23(32-20-10-8-19(9-11-20)28-37-24(2,3)25(4,5)38-28)33-22(34-36)18-7-12-21(31-13-18)35-16-26(17-35)14-27(29,30)15-26/h7-13,21,31H,6,14-17H2,1-5H3,(H,32,33,34). The second kappa shape index (κ2) is 8.62. The molecule has 2 aromatic rings. The number of nitrogens with zero attached hydrogens (tertiary/aromatic N) is 4. The van der Waals surface area contributed by atoms with Crippen LogP contribution in [-0.4, -0.2) is 63.2 Å². The number of aromatic nitrogens is 3. The third-order valence-electron chi connectivity index (χ3n) is 8.53. The van der Waals surface area contributed by atoms with Gasteiger partial charge < -0.3 is 19.9 Å². The monoisotopic (exact) mass is 524 g/mol. The molecule has 11 heteroatoms. The first kappa shape index (κ1) is 25.5. The number of dihydropyridines is 1. The van der Waals surface area contributed by atoms with Gasteiger partial charge in [0.05, 0.1) is 17.4 Å². The third kappa shape index (κ3) is 4.44. The predicted molar refractivity (Wildman–Crippen MR) is 143 cm³/mol. The maximum atomic E-state index is 13.3. The van der Waals surface area contributed by atoms with Crippen molar-refractivity contribution in [2.45, 2.75) is 77.3 Å². The average Bonchev–Trinajstić information content (AvgIpc) is 3.32. The lowest BCUT2D eigenvalue weighted by Crippen LogP contribution is -2.69. The topological polar surface area (TPSA) is 76.5 Å². The molecule has 0 bridgehead atoms. The zero-order valence-corrected chi connectivity index (χ0v) is 22.6. The van der Waals surface area contributed by atoms with Crippen molar-refractivity contribution in [2.75, 3.05) is 18.4 Å². The summed E-state index contributed by atoms with van der Waals surface area (Å²) in [5.41, 5.74) is 1.77. The van der Waals surface area contributed by atoms with E-state index in [0.717, 1.165) is 16.7 Å². The summed E-state index contributed by atoms with van der Waals surface area (Å²) in [5.74, 6) is -1.21. The van der Waals surface area contributed by atoms with Gasteiger partial charge in [-0.2, -0.15) is 4.98 Å². The molecule has 38 heavy (non-hydrogen) atoms. The van der Waals surface area contributed by atoms with E-state index in [4.69, 9.17) is 14.3 Å². The van der Waals surface area contributed by atoms with Crippen molar-refractivity contribution >= 4 is 29.8 Å². The van der Waals surface area contributed by atoms with Crippen molar-refractivity contribution in [1.82, 2.24) is 25.0 Å². The fraction of sp³-hybridized carbons (Fsp3) is 0.556. The van der Waals surface area contributed by atoms with Crippen LogP contribution in [0.2, 0.25) is 0 Å². The van der Waals surface area contributed by atoms with E-state index in [1.165, 1.54) is 0 Å².